The molecule has 2 heterocycles. The maximum atomic E-state index is 13.3. The minimum atomic E-state index is -0.476. The highest BCUT2D eigenvalue weighted by Gasteiger charge is 2.29. The molecule has 4 rings (SSSR count). The number of hydrogen-bond acceptors (Lipinski definition) is 3. The third-order valence-corrected chi connectivity index (χ3v) is 3.50. The molecule has 1 aliphatic heterocycles. The van der Waals surface area contributed by atoms with E-state index in [9.17, 15) is 14.3 Å². The largest absolute Gasteiger partial charge is 0.505 e. The van der Waals surface area contributed by atoms with Crippen LogP contribution < -0.4 is 0 Å². The lowest BCUT2D eigenvalue weighted by atomic mass is 10.1. The van der Waals surface area contributed by atoms with Crippen LogP contribution in [0.2, 0.25) is 0 Å². The summed E-state index contributed by atoms with van der Waals surface area (Å²) in [6, 6.07) is 8.73. The molecule has 0 spiro atoms. The molecule has 21 heavy (non-hydrogen) atoms. The lowest BCUT2D eigenvalue weighted by Crippen LogP contribution is -2.11. The first-order valence-electron chi connectivity index (χ1n) is 6.79. The molecule has 4 nitrogen and oxygen atoms in total. The average Bonchev–Trinajstić information content (AvgIpc) is 2.96. The number of aromatic hydroxyl groups is 1. The van der Waals surface area contributed by atoms with Crippen molar-refractivity contribution in [3.05, 3.63) is 59.5 Å². The average molecular weight is 281 g/mol. The van der Waals surface area contributed by atoms with Crippen LogP contribution in [0, 0.1) is 5.82 Å². The Morgan fingerprint density at radius 2 is 2.14 bits per heavy atom. The Bertz CT molecular complexity index is 991. The van der Waals surface area contributed by atoms with Gasteiger partial charge in [-0.3, -0.25) is 4.79 Å². The first kappa shape index (κ1) is 10.8. The summed E-state index contributed by atoms with van der Waals surface area (Å²) < 4.78 is 20.8. The highest BCUT2D eigenvalue weighted by atomic mass is 19.1. The lowest BCUT2D eigenvalue weighted by molar-refractivity contribution is 0.107. The number of rotatable bonds is 1. The topological polar surface area (TPSA) is 65.5 Å². The van der Waals surface area contributed by atoms with Crippen LogP contribution in [-0.2, 0) is 0 Å². The smallest absolute Gasteiger partial charge is 0.215 e. The van der Waals surface area contributed by atoms with Crippen molar-refractivity contribution in [1.82, 2.24) is 4.98 Å². The highest BCUT2D eigenvalue weighted by molar-refractivity contribution is 6.55. The molecule has 0 fully saturated rings. The zero-order valence-electron chi connectivity index (χ0n) is 11.6. The summed E-state index contributed by atoms with van der Waals surface area (Å²) in [5.74, 6) is -0.949. The second kappa shape index (κ2) is 4.02. The van der Waals surface area contributed by atoms with Gasteiger partial charge in [-0.05, 0) is 24.3 Å². The van der Waals surface area contributed by atoms with Gasteiger partial charge in [0.25, 0.3) is 0 Å². The van der Waals surface area contributed by atoms with Crippen molar-refractivity contribution in [3.63, 3.8) is 0 Å². The summed E-state index contributed by atoms with van der Waals surface area (Å²) in [5.41, 5.74) is 1.32. The van der Waals surface area contributed by atoms with Crippen LogP contribution in [0.3, 0.4) is 0 Å². The molecule has 0 aliphatic carbocycles. The van der Waals surface area contributed by atoms with E-state index in [0.29, 0.717) is 16.5 Å². The normalized spacial score (nSPS) is 14.2. The molecule has 3 aromatic rings. The molecular formula is C16H9FN2O2. The first-order chi connectivity index (χ1) is 10.5. The SMILES string of the molecule is [2H]c1ccc2c(O)c(C3=Nc4cc(F)ccc4C3=O)[nH]c2c1. The Morgan fingerprint density at radius 1 is 1.29 bits per heavy atom. The van der Waals surface area contributed by atoms with E-state index in [4.69, 9.17) is 1.37 Å². The number of hydrogen-bond donors (Lipinski definition) is 2. The summed E-state index contributed by atoms with van der Waals surface area (Å²) >= 11 is 0. The molecule has 0 unspecified atom stereocenters. The molecule has 0 atom stereocenters. The van der Waals surface area contributed by atoms with E-state index in [2.05, 4.69) is 9.98 Å². The molecule has 0 amide bonds. The number of carbonyl (C=O) groups excluding carboxylic acids is 1. The summed E-state index contributed by atoms with van der Waals surface area (Å²) in [4.78, 5) is 19.4. The van der Waals surface area contributed by atoms with E-state index >= 15 is 0 Å². The van der Waals surface area contributed by atoms with Gasteiger partial charge < -0.3 is 10.1 Å². The number of aromatic nitrogens is 1. The summed E-state index contributed by atoms with van der Waals surface area (Å²) in [5, 5.41) is 10.8. The Kier molecular flexibility index (Phi) is 2.07. The van der Waals surface area contributed by atoms with Crippen molar-refractivity contribution in [2.75, 3.05) is 0 Å². The van der Waals surface area contributed by atoms with Gasteiger partial charge in [-0.1, -0.05) is 12.1 Å². The number of aromatic amines is 1. The highest BCUT2D eigenvalue weighted by Crippen LogP contribution is 2.35. The monoisotopic (exact) mass is 281 g/mol. The molecule has 1 aromatic heterocycles. The standard InChI is InChI=1S/C16H9FN2O2/c17-8-5-6-10-12(7-8)19-14(16(10)21)13-15(20)9-3-1-2-4-11(9)18-13/h1-7,18,20H/i2D. The minimum Gasteiger partial charge on any atom is -0.505 e. The molecule has 5 heteroatoms. The quantitative estimate of drug-likeness (QED) is 0.718. The number of Topliss-reactive ketones (excluding diaryl/α,β-unsaturated/α-hetero) is 1. The summed E-state index contributed by atoms with van der Waals surface area (Å²) in [6.07, 6.45) is 0. The van der Waals surface area contributed by atoms with Crippen molar-refractivity contribution < 1.29 is 15.7 Å². The number of nitrogens with one attached hydrogen (secondary N) is 1. The maximum Gasteiger partial charge on any atom is 0.215 e. The molecular weight excluding hydrogens is 271 g/mol. The fraction of sp³-hybridized carbons (Fsp3) is 0. The molecule has 2 aromatic carbocycles. The van der Waals surface area contributed by atoms with Crippen LogP contribution in [-0.4, -0.2) is 21.6 Å². The van der Waals surface area contributed by atoms with Gasteiger partial charge >= 0.3 is 0 Å². The number of nitrogens with zero attached hydrogens (tertiary/aromatic N) is 1. The predicted octanol–water partition coefficient (Wildman–Crippen LogP) is 3.33. The third kappa shape index (κ3) is 1.61. The number of halogens is 1. The van der Waals surface area contributed by atoms with Crippen LogP contribution in [0.5, 0.6) is 5.75 Å². The van der Waals surface area contributed by atoms with Gasteiger partial charge in [0.1, 0.15) is 17.2 Å². The van der Waals surface area contributed by atoms with Gasteiger partial charge in [0.05, 0.1) is 12.6 Å². The van der Waals surface area contributed by atoms with Gasteiger partial charge in [-0.15, -0.1) is 0 Å². The van der Waals surface area contributed by atoms with Crippen LogP contribution >= 0.6 is 0 Å². The summed E-state index contributed by atoms with van der Waals surface area (Å²) in [7, 11) is 0. The van der Waals surface area contributed by atoms with Crippen molar-refractivity contribution in [3.8, 4) is 5.75 Å². The van der Waals surface area contributed by atoms with E-state index in [-0.39, 0.29) is 34.7 Å². The maximum absolute atomic E-state index is 13.3. The van der Waals surface area contributed by atoms with E-state index in [1.54, 1.807) is 18.2 Å². The molecule has 1 aliphatic rings. The minimum absolute atomic E-state index is 0.0424. The number of para-hydroxylation sites is 1. The Balaban J connectivity index is 1.92. The van der Waals surface area contributed by atoms with Crippen molar-refractivity contribution >= 4 is 28.1 Å². The number of carbonyl (C=O) groups is 1. The van der Waals surface area contributed by atoms with E-state index < -0.39 is 5.82 Å². The lowest BCUT2D eigenvalue weighted by Gasteiger charge is -1.97. The van der Waals surface area contributed by atoms with Crippen LogP contribution in [0.4, 0.5) is 10.1 Å². The Morgan fingerprint density at radius 3 is 3.00 bits per heavy atom. The molecule has 0 radical (unpaired) electrons. The van der Waals surface area contributed by atoms with Crippen LogP contribution in [0.15, 0.2) is 47.4 Å². The van der Waals surface area contributed by atoms with Gasteiger partial charge in [-0.2, -0.15) is 0 Å². The second-order valence-corrected chi connectivity index (χ2v) is 4.77. The van der Waals surface area contributed by atoms with Crippen molar-refractivity contribution in [2.45, 2.75) is 0 Å². The fourth-order valence-corrected chi connectivity index (χ4v) is 2.50. The predicted molar refractivity (Wildman–Crippen MR) is 76.9 cm³/mol. The van der Waals surface area contributed by atoms with E-state index in [0.717, 1.165) is 0 Å². The second-order valence-electron chi connectivity index (χ2n) is 4.77. The zero-order valence-corrected chi connectivity index (χ0v) is 10.6. The number of aliphatic imine (C=N–C) groups is 1. The molecule has 2 N–H and O–H groups in total. The van der Waals surface area contributed by atoms with Crippen LogP contribution in [0.25, 0.3) is 10.9 Å². The molecule has 102 valence electrons. The number of fused-ring (bicyclic) bond motifs is 2. The Hall–Kier alpha value is -2.95. The first-order valence-corrected chi connectivity index (χ1v) is 6.29. The van der Waals surface area contributed by atoms with Crippen molar-refractivity contribution in [1.29, 1.82) is 0 Å². The van der Waals surface area contributed by atoms with E-state index in [1.807, 2.05) is 0 Å². The van der Waals surface area contributed by atoms with Crippen LogP contribution in [0.1, 0.15) is 17.4 Å². The number of ketones is 1. The third-order valence-electron chi connectivity index (χ3n) is 3.50. The fourth-order valence-electron chi connectivity index (χ4n) is 2.50. The van der Waals surface area contributed by atoms with Gasteiger partial charge in [0.2, 0.25) is 5.78 Å². The molecule has 0 bridgehead atoms. The summed E-state index contributed by atoms with van der Waals surface area (Å²) in [6.45, 7) is 0. The van der Waals surface area contributed by atoms with Gasteiger partial charge in [0.15, 0.2) is 5.75 Å². The zero-order chi connectivity index (χ0) is 15.4. The van der Waals surface area contributed by atoms with Gasteiger partial charge in [-0.25, -0.2) is 9.38 Å². The molecule has 0 saturated carbocycles. The van der Waals surface area contributed by atoms with E-state index in [1.165, 1.54) is 18.2 Å². The van der Waals surface area contributed by atoms with Crippen molar-refractivity contribution in [2.24, 2.45) is 4.99 Å². The number of H-pyrrole nitrogens is 1. The Labute approximate surface area is 120 Å². The molecule has 0 saturated heterocycles. The van der Waals surface area contributed by atoms with Gasteiger partial charge in [0, 0.05) is 17.0 Å². The number of benzene rings is 2.